The fourth-order valence-corrected chi connectivity index (χ4v) is 2.64. The first-order chi connectivity index (χ1) is 13.5. The van der Waals surface area contributed by atoms with Gasteiger partial charge >= 0.3 is 0 Å². The number of rotatable bonds is 9. The van der Waals surface area contributed by atoms with Crippen LogP contribution in [0.2, 0.25) is 0 Å². The lowest BCUT2D eigenvalue weighted by Crippen LogP contribution is -2.30. The quantitative estimate of drug-likeness (QED) is 0.403. The number of non-ortho nitro benzene ring substituents is 1. The zero-order valence-electron chi connectivity index (χ0n) is 15.2. The third-order valence-electron chi connectivity index (χ3n) is 4.33. The minimum Gasteiger partial charge on any atom is -0.359 e. The fraction of sp³-hybridized carbons (Fsp3) is 0.316. The maximum Gasteiger partial charge on any atom is 0.273 e. The van der Waals surface area contributed by atoms with E-state index in [9.17, 15) is 19.7 Å². The van der Waals surface area contributed by atoms with Crippen molar-refractivity contribution in [2.24, 2.45) is 5.92 Å². The van der Waals surface area contributed by atoms with Gasteiger partial charge in [-0.05, 0) is 24.8 Å². The summed E-state index contributed by atoms with van der Waals surface area (Å²) in [6.07, 6.45) is 3.79. The summed E-state index contributed by atoms with van der Waals surface area (Å²) in [6.45, 7) is 4.50. The average Bonchev–Trinajstić information content (AvgIpc) is 3.41. The minimum atomic E-state index is -0.558. The molecular weight excluding hydrogens is 364 g/mol. The van der Waals surface area contributed by atoms with E-state index in [2.05, 4.69) is 17.1 Å². The highest BCUT2D eigenvalue weighted by Crippen LogP contribution is 2.27. The molecule has 1 N–H and O–H groups in total. The Labute approximate surface area is 161 Å². The second kappa shape index (κ2) is 8.47. The third-order valence-corrected chi connectivity index (χ3v) is 4.33. The number of aromatic nitrogens is 1. The van der Waals surface area contributed by atoms with E-state index in [0.29, 0.717) is 18.2 Å². The smallest absolute Gasteiger partial charge is 0.273 e. The number of nitrogens with one attached hydrogen (secondary N) is 1. The van der Waals surface area contributed by atoms with Crippen molar-refractivity contribution in [2.45, 2.75) is 19.4 Å². The molecule has 2 amide bonds. The number of hydrogen-bond acceptors (Lipinski definition) is 6. The van der Waals surface area contributed by atoms with Crippen LogP contribution in [0.4, 0.5) is 5.69 Å². The van der Waals surface area contributed by atoms with Gasteiger partial charge in [0.2, 0.25) is 0 Å². The van der Waals surface area contributed by atoms with Gasteiger partial charge < -0.3 is 14.7 Å². The van der Waals surface area contributed by atoms with Crippen molar-refractivity contribution in [3.8, 4) is 0 Å². The largest absolute Gasteiger partial charge is 0.359 e. The summed E-state index contributed by atoms with van der Waals surface area (Å²) in [6, 6.07) is 6.98. The molecule has 28 heavy (non-hydrogen) atoms. The molecule has 1 aliphatic carbocycles. The minimum absolute atomic E-state index is 0.0520. The van der Waals surface area contributed by atoms with Gasteiger partial charge in [0.15, 0.2) is 11.5 Å². The monoisotopic (exact) mass is 384 g/mol. The molecule has 1 aliphatic rings. The van der Waals surface area contributed by atoms with Crippen LogP contribution in [0.5, 0.6) is 0 Å². The normalized spacial score (nSPS) is 13.0. The van der Waals surface area contributed by atoms with Crippen molar-refractivity contribution in [2.75, 3.05) is 13.1 Å². The summed E-state index contributed by atoms with van der Waals surface area (Å²) in [5.74, 6) is 0.144. The summed E-state index contributed by atoms with van der Waals surface area (Å²) in [7, 11) is 0. The first-order valence-electron chi connectivity index (χ1n) is 8.86. The van der Waals surface area contributed by atoms with Crippen molar-refractivity contribution < 1.29 is 19.0 Å². The van der Waals surface area contributed by atoms with E-state index in [-0.39, 0.29) is 35.9 Å². The molecule has 0 spiro atoms. The standard InChI is InChI=1S/C19H20N4O5/c1-2-8-22(19(25)14-4-3-5-15(9-14)23(26)27)12-16-10-17(21-28-16)18(24)20-11-13-6-7-13/h2-5,9-10,13H,1,6-8,11-12H2,(H,20,24). The van der Waals surface area contributed by atoms with Gasteiger partial charge in [0.25, 0.3) is 17.5 Å². The molecule has 3 rings (SSSR count). The molecule has 1 aromatic carbocycles. The van der Waals surface area contributed by atoms with Gasteiger partial charge in [0.1, 0.15) is 0 Å². The van der Waals surface area contributed by atoms with Gasteiger partial charge in [-0.1, -0.05) is 17.3 Å². The Kier molecular flexibility index (Phi) is 5.83. The number of nitrogens with zero attached hydrogens (tertiary/aromatic N) is 3. The van der Waals surface area contributed by atoms with Crippen molar-refractivity contribution in [3.05, 3.63) is 70.1 Å². The molecule has 9 nitrogen and oxygen atoms in total. The Bertz CT molecular complexity index is 903. The van der Waals surface area contributed by atoms with Crippen LogP contribution in [-0.2, 0) is 6.54 Å². The molecule has 0 atom stereocenters. The van der Waals surface area contributed by atoms with Crippen LogP contribution in [-0.4, -0.2) is 39.9 Å². The number of nitro groups is 1. The van der Waals surface area contributed by atoms with E-state index >= 15 is 0 Å². The first kappa shape index (κ1) is 19.3. The molecule has 0 saturated heterocycles. The molecule has 1 heterocycles. The molecule has 1 fully saturated rings. The van der Waals surface area contributed by atoms with E-state index in [1.54, 1.807) is 0 Å². The molecule has 1 saturated carbocycles. The molecular formula is C19H20N4O5. The van der Waals surface area contributed by atoms with Gasteiger partial charge in [0, 0.05) is 36.9 Å². The van der Waals surface area contributed by atoms with Crippen LogP contribution < -0.4 is 5.32 Å². The number of hydrogen-bond donors (Lipinski definition) is 1. The highest BCUT2D eigenvalue weighted by Gasteiger charge is 2.24. The van der Waals surface area contributed by atoms with E-state index < -0.39 is 10.8 Å². The second-order valence-electron chi connectivity index (χ2n) is 6.61. The van der Waals surface area contributed by atoms with Crippen LogP contribution in [0.1, 0.15) is 39.4 Å². The van der Waals surface area contributed by atoms with E-state index in [0.717, 1.165) is 12.8 Å². The number of carbonyl (C=O) groups is 2. The Morgan fingerprint density at radius 3 is 2.86 bits per heavy atom. The maximum absolute atomic E-state index is 12.8. The molecule has 146 valence electrons. The van der Waals surface area contributed by atoms with Gasteiger partial charge in [-0.3, -0.25) is 19.7 Å². The topological polar surface area (TPSA) is 119 Å². The number of benzene rings is 1. The molecule has 2 aromatic rings. The summed E-state index contributed by atoms with van der Waals surface area (Å²) in [4.78, 5) is 36.6. The average molecular weight is 384 g/mol. The lowest BCUT2D eigenvalue weighted by atomic mass is 10.1. The second-order valence-corrected chi connectivity index (χ2v) is 6.61. The predicted molar refractivity (Wildman–Crippen MR) is 99.6 cm³/mol. The lowest BCUT2D eigenvalue weighted by Gasteiger charge is -2.19. The van der Waals surface area contributed by atoms with Crippen LogP contribution in [0.3, 0.4) is 0 Å². The molecule has 0 aliphatic heterocycles. The summed E-state index contributed by atoms with van der Waals surface area (Å²) < 4.78 is 5.19. The zero-order chi connectivity index (χ0) is 20.1. The van der Waals surface area contributed by atoms with Gasteiger partial charge in [-0.2, -0.15) is 0 Å². The number of nitro benzene ring substituents is 1. The lowest BCUT2D eigenvalue weighted by molar-refractivity contribution is -0.384. The summed E-state index contributed by atoms with van der Waals surface area (Å²) in [5, 5.41) is 17.5. The number of amides is 2. The van der Waals surface area contributed by atoms with E-state index in [4.69, 9.17) is 4.52 Å². The number of carbonyl (C=O) groups excluding carboxylic acids is 2. The third kappa shape index (κ3) is 4.81. The molecule has 0 bridgehead atoms. The summed E-state index contributed by atoms with van der Waals surface area (Å²) in [5.41, 5.74) is 0.161. The molecule has 0 radical (unpaired) electrons. The first-order valence-corrected chi connectivity index (χ1v) is 8.86. The zero-order valence-corrected chi connectivity index (χ0v) is 15.2. The van der Waals surface area contributed by atoms with Crippen LogP contribution in [0, 0.1) is 16.0 Å². The maximum atomic E-state index is 12.8. The van der Waals surface area contributed by atoms with Crippen LogP contribution in [0.25, 0.3) is 0 Å². The molecule has 1 aromatic heterocycles. The Hall–Kier alpha value is -3.49. The Morgan fingerprint density at radius 2 is 2.18 bits per heavy atom. The Morgan fingerprint density at radius 1 is 1.39 bits per heavy atom. The van der Waals surface area contributed by atoms with Crippen molar-refractivity contribution in [3.63, 3.8) is 0 Å². The van der Waals surface area contributed by atoms with E-state index in [1.807, 2.05) is 0 Å². The summed E-state index contributed by atoms with van der Waals surface area (Å²) >= 11 is 0. The fourth-order valence-electron chi connectivity index (χ4n) is 2.64. The van der Waals surface area contributed by atoms with Gasteiger partial charge in [-0.15, -0.1) is 6.58 Å². The SMILES string of the molecule is C=CCN(Cc1cc(C(=O)NCC2CC2)no1)C(=O)c1cccc([N+](=O)[O-])c1. The van der Waals surface area contributed by atoms with Crippen molar-refractivity contribution >= 4 is 17.5 Å². The molecule has 9 heteroatoms. The van der Waals surface area contributed by atoms with Crippen LogP contribution >= 0.6 is 0 Å². The predicted octanol–water partition coefficient (Wildman–Crippen LogP) is 2.55. The van der Waals surface area contributed by atoms with Gasteiger partial charge in [0.05, 0.1) is 11.5 Å². The van der Waals surface area contributed by atoms with Gasteiger partial charge in [-0.25, -0.2) is 0 Å². The van der Waals surface area contributed by atoms with Crippen molar-refractivity contribution in [1.29, 1.82) is 0 Å². The Balaban J connectivity index is 1.69. The van der Waals surface area contributed by atoms with E-state index in [1.165, 1.54) is 41.3 Å². The highest BCUT2D eigenvalue weighted by atomic mass is 16.6. The van der Waals surface area contributed by atoms with Crippen molar-refractivity contribution in [1.82, 2.24) is 15.4 Å². The highest BCUT2D eigenvalue weighted by molar-refractivity contribution is 5.95. The van der Waals surface area contributed by atoms with Crippen LogP contribution in [0.15, 0.2) is 47.5 Å². The molecule has 0 unspecified atom stereocenters.